The van der Waals surface area contributed by atoms with Crippen LogP contribution in [0.4, 0.5) is 5.13 Å². The third-order valence-electron chi connectivity index (χ3n) is 4.23. The smallest absolute Gasteiger partial charge is 0.224 e. The number of hydrogen-bond acceptors (Lipinski definition) is 6. The van der Waals surface area contributed by atoms with Crippen LogP contribution in [0, 0.1) is 12.8 Å². The number of piperidine rings is 1. The molecule has 1 atom stereocenters. The summed E-state index contributed by atoms with van der Waals surface area (Å²) in [7, 11) is 1.91. The van der Waals surface area contributed by atoms with Crippen molar-refractivity contribution in [3.8, 4) is 0 Å². The van der Waals surface area contributed by atoms with Gasteiger partial charge in [0.05, 0.1) is 16.3 Å². The Hall–Kier alpha value is -1.67. The lowest BCUT2D eigenvalue weighted by atomic mass is 9.97. The summed E-state index contributed by atoms with van der Waals surface area (Å²) in [4.78, 5) is 19.1. The fraction of sp³-hybridized carbons (Fsp3) is 0.667. The molecule has 1 saturated heterocycles. The first kappa shape index (κ1) is 16.2. The number of thiazole rings is 1. The van der Waals surface area contributed by atoms with Gasteiger partial charge in [0.25, 0.3) is 0 Å². The van der Waals surface area contributed by atoms with E-state index in [1.165, 1.54) is 0 Å². The number of aliphatic hydroxyl groups excluding tert-OH is 1. The molecule has 0 bridgehead atoms. The first-order chi connectivity index (χ1) is 11.1. The van der Waals surface area contributed by atoms with Crippen LogP contribution in [-0.4, -0.2) is 52.0 Å². The zero-order valence-electron chi connectivity index (χ0n) is 13.6. The molecule has 7 nitrogen and oxygen atoms in total. The number of aryl methyl sites for hydroxylation is 2. The standard InChI is InChI=1S/C15H23N5O2S/c1-10-12-13(19(2)18-10)17-15(23-12)20-7-3-5-11(9-20)14(22)16-6-4-8-21/h11,21H,3-9H2,1-2H3,(H,16,22). The summed E-state index contributed by atoms with van der Waals surface area (Å²) in [6.45, 7) is 4.29. The molecule has 0 aliphatic carbocycles. The zero-order chi connectivity index (χ0) is 16.4. The molecule has 8 heteroatoms. The predicted molar refractivity (Wildman–Crippen MR) is 90.8 cm³/mol. The van der Waals surface area contributed by atoms with Crippen LogP contribution < -0.4 is 10.2 Å². The molecule has 1 fully saturated rings. The van der Waals surface area contributed by atoms with Crippen LogP contribution in [-0.2, 0) is 11.8 Å². The second-order valence-electron chi connectivity index (χ2n) is 6.01. The maximum absolute atomic E-state index is 12.2. The molecule has 1 aliphatic heterocycles. The summed E-state index contributed by atoms with van der Waals surface area (Å²) in [6.07, 6.45) is 2.50. The van der Waals surface area contributed by atoms with Gasteiger partial charge in [0.2, 0.25) is 5.91 Å². The average molecular weight is 337 g/mol. The number of anilines is 1. The van der Waals surface area contributed by atoms with Crippen LogP contribution in [0.15, 0.2) is 0 Å². The van der Waals surface area contributed by atoms with Crippen molar-refractivity contribution >= 4 is 32.7 Å². The molecule has 2 aromatic rings. The summed E-state index contributed by atoms with van der Waals surface area (Å²) >= 11 is 1.65. The Morgan fingerprint density at radius 3 is 3.09 bits per heavy atom. The zero-order valence-corrected chi connectivity index (χ0v) is 14.4. The first-order valence-corrected chi connectivity index (χ1v) is 8.85. The number of nitrogens with one attached hydrogen (secondary N) is 1. The number of hydrogen-bond donors (Lipinski definition) is 2. The van der Waals surface area contributed by atoms with Gasteiger partial charge in [-0.05, 0) is 26.2 Å². The highest BCUT2D eigenvalue weighted by Gasteiger charge is 2.27. The third-order valence-corrected chi connectivity index (χ3v) is 5.44. The van der Waals surface area contributed by atoms with E-state index in [0.29, 0.717) is 19.5 Å². The molecule has 1 aliphatic rings. The van der Waals surface area contributed by atoms with Crippen LogP contribution in [0.2, 0.25) is 0 Å². The number of nitrogens with zero attached hydrogens (tertiary/aromatic N) is 4. The van der Waals surface area contributed by atoms with Crippen molar-refractivity contribution in [1.82, 2.24) is 20.1 Å². The molecule has 3 heterocycles. The normalized spacial score (nSPS) is 18.6. The number of amides is 1. The third kappa shape index (κ3) is 3.32. The molecule has 1 unspecified atom stereocenters. The Balaban J connectivity index is 1.69. The second kappa shape index (κ2) is 6.84. The molecule has 0 saturated carbocycles. The Morgan fingerprint density at radius 1 is 1.52 bits per heavy atom. The molecule has 2 aromatic heterocycles. The van der Waals surface area contributed by atoms with Crippen molar-refractivity contribution in [2.24, 2.45) is 13.0 Å². The summed E-state index contributed by atoms with van der Waals surface area (Å²) in [5.74, 6) is 0.0794. The summed E-state index contributed by atoms with van der Waals surface area (Å²) in [5, 5.41) is 17.1. The van der Waals surface area contributed by atoms with Gasteiger partial charge in [-0.25, -0.2) is 9.67 Å². The number of carbonyl (C=O) groups is 1. The minimum absolute atomic E-state index is 0.00585. The van der Waals surface area contributed by atoms with Gasteiger partial charge in [0.15, 0.2) is 10.8 Å². The lowest BCUT2D eigenvalue weighted by molar-refractivity contribution is -0.125. The lowest BCUT2D eigenvalue weighted by Crippen LogP contribution is -2.43. The van der Waals surface area contributed by atoms with Gasteiger partial charge in [-0.3, -0.25) is 4.79 Å². The molecule has 2 N–H and O–H groups in total. The Kier molecular flexibility index (Phi) is 4.82. The van der Waals surface area contributed by atoms with Gasteiger partial charge < -0.3 is 15.3 Å². The van der Waals surface area contributed by atoms with E-state index >= 15 is 0 Å². The highest BCUT2D eigenvalue weighted by Crippen LogP contribution is 2.33. The Morgan fingerprint density at radius 2 is 2.35 bits per heavy atom. The van der Waals surface area contributed by atoms with Crippen LogP contribution in [0.1, 0.15) is 25.0 Å². The minimum atomic E-state index is -0.00585. The van der Waals surface area contributed by atoms with Crippen LogP contribution in [0.3, 0.4) is 0 Å². The molecule has 0 radical (unpaired) electrons. The molecule has 0 spiro atoms. The van der Waals surface area contributed by atoms with Gasteiger partial charge >= 0.3 is 0 Å². The largest absolute Gasteiger partial charge is 0.396 e. The van der Waals surface area contributed by atoms with Crippen molar-refractivity contribution in [2.45, 2.75) is 26.2 Å². The van der Waals surface area contributed by atoms with Crippen molar-refractivity contribution in [3.63, 3.8) is 0 Å². The van der Waals surface area contributed by atoms with Gasteiger partial charge in [-0.2, -0.15) is 5.10 Å². The maximum Gasteiger partial charge on any atom is 0.224 e. The quantitative estimate of drug-likeness (QED) is 0.797. The van der Waals surface area contributed by atoms with E-state index in [9.17, 15) is 4.79 Å². The molecule has 0 aromatic carbocycles. The van der Waals surface area contributed by atoms with Gasteiger partial charge in [0.1, 0.15) is 0 Å². The number of rotatable bonds is 5. The number of carbonyl (C=O) groups excluding carboxylic acids is 1. The molecular formula is C15H23N5O2S. The van der Waals surface area contributed by atoms with Gasteiger partial charge in [-0.1, -0.05) is 11.3 Å². The highest BCUT2D eigenvalue weighted by molar-refractivity contribution is 7.22. The number of fused-ring (bicyclic) bond motifs is 1. The fourth-order valence-corrected chi connectivity index (χ4v) is 4.08. The van der Waals surface area contributed by atoms with Crippen LogP contribution in [0.25, 0.3) is 10.3 Å². The lowest BCUT2D eigenvalue weighted by Gasteiger charge is -2.31. The number of aliphatic hydroxyl groups is 1. The van der Waals surface area contributed by atoms with Crippen molar-refractivity contribution in [2.75, 3.05) is 31.1 Å². The SMILES string of the molecule is Cc1nn(C)c2nc(N3CCCC(C(=O)NCCCO)C3)sc12. The first-order valence-electron chi connectivity index (χ1n) is 8.04. The monoisotopic (exact) mass is 337 g/mol. The average Bonchev–Trinajstić information content (AvgIpc) is 3.10. The topological polar surface area (TPSA) is 83.3 Å². The van der Waals surface area contributed by atoms with E-state index in [1.54, 1.807) is 11.3 Å². The van der Waals surface area contributed by atoms with Crippen molar-refractivity contribution in [3.05, 3.63) is 5.69 Å². The van der Waals surface area contributed by atoms with E-state index in [0.717, 1.165) is 40.6 Å². The van der Waals surface area contributed by atoms with Crippen molar-refractivity contribution in [1.29, 1.82) is 0 Å². The molecule has 23 heavy (non-hydrogen) atoms. The molecule has 3 rings (SSSR count). The predicted octanol–water partition coefficient (Wildman–Crippen LogP) is 1.05. The van der Waals surface area contributed by atoms with E-state index < -0.39 is 0 Å². The highest BCUT2D eigenvalue weighted by atomic mass is 32.1. The van der Waals surface area contributed by atoms with Gasteiger partial charge in [-0.15, -0.1) is 0 Å². The van der Waals surface area contributed by atoms with E-state index in [-0.39, 0.29) is 18.4 Å². The fourth-order valence-electron chi connectivity index (χ4n) is 3.01. The molecule has 126 valence electrons. The summed E-state index contributed by atoms with van der Waals surface area (Å²) < 4.78 is 2.94. The minimum Gasteiger partial charge on any atom is -0.396 e. The van der Waals surface area contributed by atoms with E-state index in [1.807, 2.05) is 18.7 Å². The molecular weight excluding hydrogens is 314 g/mol. The maximum atomic E-state index is 12.2. The Bertz CT molecular complexity index is 661. The Labute approximate surface area is 139 Å². The summed E-state index contributed by atoms with van der Waals surface area (Å²) in [6, 6.07) is 0. The van der Waals surface area contributed by atoms with E-state index in [2.05, 4.69) is 15.3 Å². The summed E-state index contributed by atoms with van der Waals surface area (Å²) in [5.41, 5.74) is 1.92. The second-order valence-corrected chi connectivity index (χ2v) is 6.99. The molecule has 1 amide bonds. The van der Waals surface area contributed by atoms with Crippen LogP contribution >= 0.6 is 11.3 Å². The van der Waals surface area contributed by atoms with Crippen LogP contribution in [0.5, 0.6) is 0 Å². The van der Waals surface area contributed by atoms with Gasteiger partial charge in [0, 0.05) is 33.3 Å². The number of aromatic nitrogens is 3. The van der Waals surface area contributed by atoms with Crippen molar-refractivity contribution < 1.29 is 9.90 Å². The van der Waals surface area contributed by atoms with E-state index in [4.69, 9.17) is 10.1 Å².